The lowest BCUT2D eigenvalue weighted by Crippen LogP contribution is -2.49. The summed E-state index contributed by atoms with van der Waals surface area (Å²) >= 11 is 0. The molecule has 0 bridgehead atoms. The second-order valence-electron chi connectivity index (χ2n) is 7.45. The number of carbonyl (C=O) groups excluding carboxylic acids is 1. The lowest BCUT2D eigenvalue weighted by molar-refractivity contribution is -0.133. The Balaban J connectivity index is 1.58. The van der Waals surface area contributed by atoms with Gasteiger partial charge in [-0.2, -0.15) is 0 Å². The van der Waals surface area contributed by atoms with Crippen LogP contribution in [0.2, 0.25) is 0 Å². The van der Waals surface area contributed by atoms with E-state index in [0.717, 1.165) is 31.3 Å². The minimum atomic E-state index is 0.0979. The molecule has 0 unspecified atom stereocenters. The maximum Gasteiger partial charge on any atom is 0.224 e. The third kappa shape index (κ3) is 3.75. The highest BCUT2D eigenvalue weighted by Gasteiger charge is 2.37. The third-order valence-corrected chi connectivity index (χ3v) is 5.53. The largest absolute Gasteiger partial charge is 0.342 e. The van der Waals surface area contributed by atoms with Gasteiger partial charge in [0.2, 0.25) is 5.91 Å². The summed E-state index contributed by atoms with van der Waals surface area (Å²) in [6, 6.07) is 0. The van der Waals surface area contributed by atoms with Crippen LogP contribution in [-0.4, -0.2) is 36.5 Å². The molecule has 0 radical (unpaired) electrons. The van der Waals surface area contributed by atoms with Gasteiger partial charge in [0.1, 0.15) is 0 Å². The number of nitrogens with one attached hydrogen (secondary N) is 1. The molecule has 0 spiro atoms. The summed E-state index contributed by atoms with van der Waals surface area (Å²) in [6.07, 6.45) is 12.3. The van der Waals surface area contributed by atoms with Gasteiger partial charge in [-0.15, -0.1) is 0 Å². The summed E-state index contributed by atoms with van der Waals surface area (Å²) in [5.41, 5.74) is 0.0979. The van der Waals surface area contributed by atoms with Crippen LogP contribution in [0.1, 0.15) is 64.2 Å². The molecule has 0 aromatic rings. The molecule has 3 aliphatic carbocycles. The number of carbonyl (C=O) groups is 1. The maximum absolute atomic E-state index is 12.8. The minimum Gasteiger partial charge on any atom is -0.342 e. The van der Waals surface area contributed by atoms with E-state index in [1.165, 1.54) is 57.8 Å². The van der Waals surface area contributed by atoms with Crippen molar-refractivity contribution < 1.29 is 4.79 Å². The van der Waals surface area contributed by atoms with Crippen molar-refractivity contribution in [2.75, 3.05) is 20.1 Å². The van der Waals surface area contributed by atoms with E-state index in [1.54, 1.807) is 0 Å². The van der Waals surface area contributed by atoms with Gasteiger partial charge in [-0.1, -0.05) is 19.3 Å². The molecule has 3 saturated carbocycles. The number of rotatable bonds is 7. The molecule has 0 atom stereocenters. The Morgan fingerprint density at radius 3 is 2.05 bits per heavy atom. The van der Waals surface area contributed by atoms with Crippen molar-refractivity contribution in [2.24, 2.45) is 11.8 Å². The van der Waals surface area contributed by atoms with Crippen LogP contribution in [0.4, 0.5) is 0 Å². The van der Waals surface area contributed by atoms with Crippen LogP contribution in [0.3, 0.4) is 0 Å². The molecule has 20 heavy (non-hydrogen) atoms. The molecule has 3 aliphatic rings. The summed E-state index contributed by atoms with van der Waals surface area (Å²) in [7, 11) is 2.05. The summed E-state index contributed by atoms with van der Waals surface area (Å²) in [4.78, 5) is 15.0. The van der Waals surface area contributed by atoms with Gasteiger partial charge < -0.3 is 10.2 Å². The highest BCUT2D eigenvalue weighted by atomic mass is 16.2. The molecule has 3 fully saturated rings. The van der Waals surface area contributed by atoms with Crippen molar-refractivity contribution in [1.82, 2.24) is 10.2 Å². The Hall–Kier alpha value is -0.570. The molecule has 0 aromatic heterocycles. The van der Waals surface area contributed by atoms with E-state index in [4.69, 9.17) is 0 Å². The van der Waals surface area contributed by atoms with Crippen LogP contribution in [0.25, 0.3) is 0 Å². The molecule has 1 amide bonds. The van der Waals surface area contributed by atoms with E-state index in [1.807, 2.05) is 7.05 Å². The van der Waals surface area contributed by atoms with Gasteiger partial charge in [-0.05, 0) is 57.4 Å². The molecular formula is C17H30N2O. The number of nitrogens with zero attached hydrogens (tertiary/aromatic N) is 1. The lowest BCUT2D eigenvalue weighted by Gasteiger charge is -2.38. The predicted molar refractivity (Wildman–Crippen MR) is 81.5 cm³/mol. The van der Waals surface area contributed by atoms with Crippen molar-refractivity contribution in [3.05, 3.63) is 0 Å². The zero-order valence-corrected chi connectivity index (χ0v) is 13.0. The standard InChI is InChI=1S/C17H30N2O/c1-18-17(9-3-2-4-10-17)11-16(20)19(12-14-5-6-14)13-15-7-8-15/h14-15,18H,2-13H2,1H3. The molecule has 1 N–H and O–H groups in total. The van der Waals surface area contributed by atoms with Gasteiger partial charge in [0.25, 0.3) is 0 Å². The van der Waals surface area contributed by atoms with Crippen molar-refractivity contribution in [1.29, 1.82) is 0 Å². The SMILES string of the molecule is CNC1(CC(=O)N(CC2CC2)CC2CC2)CCCCC1. The Bertz CT molecular complexity index is 327. The average Bonchev–Trinajstić information content (AvgIpc) is 3.34. The highest BCUT2D eigenvalue weighted by molar-refractivity contribution is 5.77. The molecule has 0 saturated heterocycles. The summed E-state index contributed by atoms with van der Waals surface area (Å²) in [6.45, 7) is 2.07. The van der Waals surface area contributed by atoms with Gasteiger partial charge in [-0.3, -0.25) is 4.79 Å². The first kappa shape index (κ1) is 14.4. The Morgan fingerprint density at radius 1 is 1.05 bits per heavy atom. The van der Waals surface area contributed by atoms with Crippen molar-refractivity contribution in [3.63, 3.8) is 0 Å². The quantitative estimate of drug-likeness (QED) is 0.776. The maximum atomic E-state index is 12.8. The highest BCUT2D eigenvalue weighted by Crippen LogP contribution is 2.36. The van der Waals surface area contributed by atoms with Gasteiger partial charge in [0.05, 0.1) is 0 Å². The first-order valence-electron chi connectivity index (χ1n) is 8.67. The summed E-state index contributed by atoms with van der Waals surface area (Å²) < 4.78 is 0. The van der Waals surface area contributed by atoms with E-state index in [0.29, 0.717) is 5.91 Å². The molecule has 0 aliphatic heterocycles. The first-order valence-corrected chi connectivity index (χ1v) is 8.67. The fraction of sp³-hybridized carbons (Fsp3) is 0.941. The topological polar surface area (TPSA) is 32.3 Å². The van der Waals surface area contributed by atoms with Crippen LogP contribution in [-0.2, 0) is 4.79 Å². The van der Waals surface area contributed by atoms with Crippen LogP contribution < -0.4 is 5.32 Å². The summed E-state index contributed by atoms with van der Waals surface area (Å²) in [5, 5.41) is 3.49. The Morgan fingerprint density at radius 2 is 1.60 bits per heavy atom. The van der Waals surface area contributed by atoms with Crippen molar-refractivity contribution in [2.45, 2.75) is 69.7 Å². The van der Waals surface area contributed by atoms with Gasteiger partial charge in [0, 0.05) is 25.0 Å². The second kappa shape index (κ2) is 6.05. The molecule has 3 nitrogen and oxygen atoms in total. The van der Waals surface area contributed by atoms with E-state index in [9.17, 15) is 4.79 Å². The normalized spacial score (nSPS) is 25.4. The van der Waals surface area contributed by atoms with E-state index in [2.05, 4.69) is 10.2 Å². The molecular weight excluding hydrogens is 248 g/mol. The number of amides is 1. The molecule has 3 rings (SSSR count). The zero-order chi connectivity index (χ0) is 14.0. The zero-order valence-electron chi connectivity index (χ0n) is 13.0. The van der Waals surface area contributed by atoms with Crippen LogP contribution in [0.15, 0.2) is 0 Å². The van der Waals surface area contributed by atoms with Gasteiger partial charge in [0.15, 0.2) is 0 Å². The number of hydrogen-bond acceptors (Lipinski definition) is 2. The van der Waals surface area contributed by atoms with Crippen LogP contribution in [0, 0.1) is 11.8 Å². The molecule has 3 heteroatoms. The monoisotopic (exact) mass is 278 g/mol. The summed E-state index contributed by atoms with van der Waals surface area (Å²) in [5.74, 6) is 2.05. The molecule has 0 heterocycles. The van der Waals surface area contributed by atoms with Gasteiger partial charge in [-0.25, -0.2) is 0 Å². The Labute approximate surface area is 123 Å². The van der Waals surface area contributed by atoms with E-state index in [-0.39, 0.29) is 5.54 Å². The van der Waals surface area contributed by atoms with E-state index >= 15 is 0 Å². The first-order chi connectivity index (χ1) is 9.71. The van der Waals surface area contributed by atoms with Gasteiger partial charge >= 0.3 is 0 Å². The third-order valence-electron chi connectivity index (χ3n) is 5.53. The minimum absolute atomic E-state index is 0.0979. The average molecular weight is 278 g/mol. The predicted octanol–water partition coefficient (Wildman–Crippen LogP) is 2.95. The Kier molecular flexibility index (Phi) is 4.34. The van der Waals surface area contributed by atoms with Crippen LogP contribution >= 0.6 is 0 Å². The molecule has 0 aromatic carbocycles. The van der Waals surface area contributed by atoms with Crippen molar-refractivity contribution >= 4 is 5.91 Å². The fourth-order valence-corrected chi connectivity index (χ4v) is 3.65. The second-order valence-corrected chi connectivity index (χ2v) is 7.45. The van der Waals surface area contributed by atoms with Crippen molar-refractivity contribution in [3.8, 4) is 0 Å². The number of hydrogen-bond donors (Lipinski definition) is 1. The smallest absolute Gasteiger partial charge is 0.224 e. The lowest BCUT2D eigenvalue weighted by atomic mass is 9.79. The molecule has 114 valence electrons. The van der Waals surface area contributed by atoms with Crippen LogP contribution in [0.5, 0.6) is 0 Å². The fourth-order valence-electron chi connectivity index (χ4n) is 3.65. The van der Waals surface area contributed by atoms with E-state index < -0.39 is 0 Å².